The third-order valence-electron chi connectivity index (χ3n) is 4.10. The van der Waals surface area contributed by atoms with E-state index in [2.05, 4.69) is 30.8 Å². The molecule has 27 heavy (non-hydrogen) atoms. The van der Waals surface area contributed by atoms with Crippen LogP contribution >= 0.6 is 0 Å². The summed E-state index contributed by atoms with van der Waals surface area (Å²) in [7, 11) is 1.62. The zero-order chi connectivity index (χ0) is 19.4. The second kappa shape index (κ2) is 8.21. The summed E-state index contributed by atoms with van der Waals surface area (Å²) in [5.74, 6) is 1.97. The Kier molecular flexibility index (Phi) is 5.75. The van der Waals surface area contributed by atoms with Crippen LogP contribution in [0, 0.1) is 6.92 Å². The van der Waals surface area contributed by atoms with Crippen LogP contribution in [0.4, 0.5) is 22.4 Å². The number of alkyl carbamates (subject to hydrolysis) is 1. The Labute approximate surface area is 157 Å². The number of hydrogen-bond acceptors (Lipinski definition) is 8. The fraction of sp³-hybridized carbons (Fsp3) is 0.529. The van der Waals surface area contributed by atoms with E-state index in [4.69, 9.17) is 9.47 Å². The highest BCUT2D eigenvalue weighted by atomic mass is 16.6. The van der Waals surface area contributed by atoms with Gasteiger partial charge in [-0.1, -0.05) is 0 Å². The molecule has 10 nitrogen and oxygen atoms in total. The number of carbonyl (C=O) groups is 1. The molecule has 0 aliphatic carbocycles. The second-order valence-electron chi connectivity index (χ2n) is 6.67. The first kappa shape index (κ1) is 18.9. The van der Waals surface area contributed by atoms with Crippen molar-refractivity contribution in [2.75, 3.05) is 30.4 Å². The molecule has 3 N–H and O–H groups in total. The van der Waals surface area contributed by atoms with Crippen molar-refractivity contribution >= 4 is 23.7 Å². The Morgan fingerprint density at radius 3 is 2.85 bits per heavy atom. The molecule has 1 amide bonds. The molecular weight excluding hydrogens is 350 g/mol. The maximum atomic E-state index is 11.9. The molecule has 10 heteroatoms. The number of nitrogens with one attached hydrogen (secondary N) is 3. The molecular formula is C17H25N7O3. The van der Waals surface area contributed by atoms with E-state index in [0.29, 0.717) is 24.9 Å². The highest BCUT2D eigenvalue weighted by Crippen LogP contribution is 2.22. The zero-order valence-electron chi connectivity index (χ0n) is 15.9. The molecule has 2 atom stereocenters. The molecule has 0 radical (unpaired) electrons. The minimum atomic E-state index is -0.453. The van der Waals surface area contributed by atoms with Crippen LogP contribution in [0.2, 0.25) is 0 Å². The number of methoxy groups -OCH3 is 1. The van der Waals surface area contributed by atoms with Crippen molar-refractivity contribution in [3.8, 4) is 0 Å². The maximum absolute atomic E-state index is 11.9. The lowest BCUT2D eigenvalue weighted by molar-refractivity contribution is 0.0797. The normalized spacial score (nSPS) is 19.4. The lowest BCUT2D eigenvalue weighted by Gasteiger charge is -2.19. The summed E-state index contributed by atoms with van der Waals surface area (Å²) in [6, 6.07) is 3.45. The topological polar surface area (TPSA) is 117 Å². The van der Waals surface area contributed by atoms with Crippen molar-refractivity contribution in [3.63, 3.8) is 0 Å². The van der Waals surface area contributed by atoms with Crippen LogP contribution in [-0.4, -0.2) is 64.7 Å². The number of H-pyrrole nitrogens is 1. The number of aromatic amines is 1. The van der Waals surface area contributed by atoms with Gasteiger partial charge in [0.05, 0.1) is 24.4 Å². The predicted octanol–water partition coefficient (Wildman–Crippen LogP) is 1.59. The van der Waals surface area contributed by atoms with Gasteiger partial charge in [0.2, 0.25) is 5.95 Å². The van der Waals surface area contributed by atoms with Crippen LogP contribution in [0.3, 0.4) is 0 Å². The smallest absolute Gasteiger partial charge is 0.407 e. The predicted molar refractivity (Wildman–Crippen MR) is 100 cm³/mol. The fourth-order valence-electron chi connectivity index (χ4n) is 2.94. The first-order chi connectivity index (χ1) is 12.9. The standard InChI is InChI=1S/C17H25N7O3/c1-10(2)27-17(25)20-12-8-24(9-13(12)26-4)16-19-11(3)7-15(22-16)21-14-5-6-18-23-14/h5-7,10,12-13H,8-9H2,1-4H3,(H,20,25)(H2,18,19,21,22,23)/t12-,13-/m1/s1. The van der Waals surface area contributed by atoms with Gasteiger partial charge < -0.3 is 25.0 Å². The Morgan fingerprint density at radius 2 is 2.19 bits per heavy atom. The van der Waals surface area contributed by atoms with Gasteiger partial charge in [-0.25, -0.2) is 9.78 Å². The minimum absolute atomic E-state index is 0.181. The number of hydrogen-bond donors (Lipinski definition) is 3. The van der Waals surface area contributed by atoms with Gasteiger partial charge in [0.25, 0.3) is 0 Å². The molecule has 0 saturated carbocycles. The van der Waals surface area contributed by atoms with Crippen LogP contribution in [0.5, 0.6) is 0 Å². The van der Waals surface area contributed by atoms with Gasteiger partial charge in [0.15, 0.2) is 0 Å². The van der Waals surface area contributed by atoms with Gasteiger partial charge in [-0.05, 0) is 20.8 Å². The largest absolute Gasteiger partial charge is 0.447 e. The van der Waals surface area contributed by atoms with Crippen LogP contribution in [0.15, 0.2) is 18.3 Å². The van der Waals surface area contributed by atoms with E-state index < -0.39 is 6.09 Å². The van der Waals surface area contributed by atoms with Gasteiger partial charge >= 0.3 is 6.09 Å². The third kappa shape index (κ3) is 4.85. The number of anilines is 3. The van der Waals surface area contributed by atoms with E-state index in [1.54, 1.807) is 13.3 Å². The number of nitrogens with zero attached hydrogens (tertiary/aromatic N) is 4. The Morgan fingerprint density at radius 1 is 1.37 bits per heavy atom. The number of amides is 1. The van der Waals surface area contributed by atoms with E-state index >= 15 is 0 Å². The molecule has 0 bridgehead atoms. The van der Waals surface area contributed by atoms with Crippen LogP contribution in [0.25, 0.3) is 0 Å². The van der Waals surface area contributed by atoms with Crippen molar-refractivity contribution < 1.29 is 14.3 Å². The Hall–Kier alpha value is -2.88. The molecule has 0 aromatic carbocycles. The third-order valence-corrected chi connectivity index (χ3v) is 4.10. The van der Waals surface area contributed by atoms with E-state index in [1.807, 2.05) is 37.8 Å². The lowest BCUT2D eigenvalue weighted by atomic mass is 10.2. The average molecular weight is 375 g/mol. The SMILES string of the molecule is CO[C@@H]1CN(c2nc(C)cc(Nc3ccn[nH]3)n2)C[C@H]1NC(=O)OC(C)C. The van der Waals surface area contributed by atoms with Crippen molar-refractivity contribution in [3.05, 3.63) is 24.0 Å². The van der Waals surface area contributed by atoms with Crippen molar-refractivity contribution in [2.45, 2.75) is 39.0 Å². The van der Waals surface area contributed by atoms with Gasteiger partial charge in [-0.2, -0.15) is 10.1 Å². The molecule has 146 valence electrons. The highest BCUT2D eigenvalue weighted by molar-refractivity contribution is 5.68. The summed E-state index contributed by atoms with van der Waals surface area (Å²) >= 11 is 0. The molecule has 2 aromatic heterocycles. The van der Waals surface area contributed by atoms with Gasteiger partial charge in [-0.3, -0.25) is 5.10 Å². The number of rotatable bonds is 6. The van der Waals surface area contributed by atoms with E-state index in [0.717, 1.165) is 11.5 Å². The van der Waals surface area contributed by atoms with Crippen LogP contribution in [0.1, 0.15) is 19.5 Å². The molecule has 1 fully saturated rings. The fourth-order valence-corrected chi connectivity index (χ4v) is 2.94. The van der Waals surface area contributed by atoms with Crippen molar-refractivity contribution in [2.24, 2.45) is 0 Å². The molecule has 3 rings (SSSR count). The summed E-state index contributed by atoms with van der Waals surface area (Å²) in [6.07, 6.45) is 0.844. The number of aryl methyl sites for hydroxylation is 1. The van der Waals surface area contributed by atoms with Gasteiger partial charge in [0.1, 0.15) is 11.6 Å². The summed E-state index contributed by atoms with van der Waals surface area (Å²) in [5, 5.41) is 12.8. The second-order valence-corrected chi connectivity index (χ2v) is 6.67. The van der Waals surface area contributed by atoms with Crippen LogP contribution < -0.4 is 15.5 Å². The summed E-state index contributed by atoms with van der Waals surface area (Å²) in [4.78, 5) is 23.0. The van der Waals surface area contributed by atoms with Crippen molar-refractivity contribution in [1.82, 2.24) is 25.5 Å². The quantitative estimate of drug-likeness (QED) is 0.697. The molecule has 1 aliphatic heterocycles. The van der Waals surface area contributed by atoms with Crippen LogP contribution in [-0.2, 0) is 9.47 Å². The summed E-state index contributed by atoms with van der Waals surface area (Å²) < 4.78 is 10.7. The highest BCUT2D eigenvalue weighted by Gasteiger charge is 2.36. The Bertz CT molecular complexity index is 766. The minimum Gasteiger partial charge on any atom is -0.447 e. The van der Waals surface area contributed by atoms with Gasteiger partial charge in [-0.15, -0.1) is 0 Å². The summed E-state index contributed by atoms with van der Waals surface area (Å²) in [5.41, 5.74) is 0.826. The molecule has 0 spiro atoms. The number of ether oxygens (including phenoxy) is 2. The number of carbonyl (C=O) groups excluding carboxylic acids is 1. The summed E-state index contributed by atoms with van der Waals surface area (Å²) in [6.45, 7) is 6.62. The molecule has 1 aliphatic rings. The monoisotopic (exact) mass is 375 g/mol. The van der Waals surface area contributed by atoms with E-state index in [9.17, 15) is 4.79 Å². The molecule has 2 aromatic rings. The van der Waals surface area contributed by atoms with E-state index in [-0.39, 0.29) is 18.2 Å². The molecule has 1 saturated heterocycles. The number of aromatic nitrogens is 4. The lowest BCUT2D eigenvalue weighted by Crippen LogP contribution is -2.44. The first-order valence-corrected chi connectivity index (χ1v) is 8.81. The molecule has 3 heterocycles. The van der Waals surface area contributed by atoms with Gasteiger partial charge in [0, 0.05) is 38.0 Å². The molecule has 0 unspecified atom stereocenters. The van der Waals surface area contributed by atoms with Crippen molar-refractivity contribution in [1.29, 1.82) is 0 Å². The van der Waals surface area contributed by atoms with E-state index in [1.165, 1.54) is 0 Å². The zero-order valence-corrected chi connectivity index (χ0v) is 15.9. The Balaban J connectivity index is 1.72. The maximum Gasteiger partial charge on any atom is 0.407 e. The average Bonchev–Trinajstić information content (AvgIpc) is 3.23. The first-order valence-electron chi connectivity index (χ1n) is 8.81.